The summed E-state index contributed by atoms with van der Waals surface area (Å²) in [5.74, 6) is 1.08. The van der Waals surface area contributed by atoms with Crippen LogP contribution < -0.4 is 10.1 Å². The Hall–Kier alpha value is -2.96. The minimum Gasteiger partial charge on any atom is -0.497 e. The Morgan fingerprint density at radius 1 is 1.29 bits per heavy atom. The van der Waals surface area contributed by atoms with E-state index >= 15 is 0 Å². The van der Waals surface area contributed by atoms with Gasteiger partial charge in [0.15, 0.2) is 0 Å². The molecule has 7 heteroatoms. The zero-order valence-electron chi connectivity index (χ0n) is 16.4. The molecular formula is C21H26N4O3. The summed E-state index contributed by atoms with van der Waals surface area (Å²) in [6.07, 6.45) is 6.21. The van der Waals surface area contributed by atoms with Crippen molar-refractivity contribution in [3.8, 4) is 5.75 Å². The van der Waals surface area contributed by atoms with Crippen molar-refractivity contribution in [2.45, 2.75) is 32.6 Å². The number of amides is 2. The summed E-state index contributed by atoms with van der Waals surface area (Å²) in [4.78, 5) is 26.8. The van der Waals surface area contributed by atoms with Gasteiger partial charge in [-0.25, -0.2) is 0 Å². The molecule has 148 valence electrons. The van der Waals surface area contributed by atoms with Crippen LogP contribution in [0.2, 0.25) is 0 Å². The van der Waals surface area contributed by atoms with Gasteiger partial charge >= 0.3 is 0 Å². The minimum absolute atomic E-state index is 0.00458. The number of piperidine rings is 1. The van der Waals surface area contributed by atoms with Crippen LogP contribution in [-0.2, 0) is 4.79 Å². The molecule has 3 rings (SSSR count). The standard InChI is InChI=1S/C21H26N4O3/c1-15-12-18(28-2)6-7-19(15)24-20(26)8-5-16-4-3-11-25(14-16)21(27)17-9-10-22-23-13-17/h6-7,9-10,12-13,16H,3-5,8,11,14H2,1-2H3,(H,24,26)/t16-/m1/s1. The van der Waals surface area contributed by atoms with Crippen LogP contribution in [0.25, 0.3) is 0 Å². The largest absolute Gasteiger partial charge is 0.497 e. The molecule has 2 amide bonds. The van der Waals surface area contributed by atoms with E-state index in [-0.39, 0.29) is 11.8 Å². The fourth-order valence-electron chi connectivity index (χ4n) is 3.54. The van der Waals surface area contributed by atoms with Gasteiger partial charge in [0.1, 0.15) is 5.75 Å². The van der Waals surface area contributed by atoms with Gasteiger partial charge < -0.3 is 15.0 Å². The maximum atomic E-state index is 12.6. The Bertz CT molecular complexity index is 826. The van der Waals surface area contributed by atoms with Crippen molar-refractivity contribution in [3.63, 3.8) is 0 Å². The van der Waals surface area contributed by atoms with Gasteiger partial charge in [-0.1, -0.05) is 0 Å². The number of methoxy groups -OCH3 is 1. The number of benzene rings is 1. The van der Waals surface area contributed by atoms with E-state index in [1.54, 1.807) is 13.2 Å². The van der Waals surface area contributed by atoms with Gasteiger partial charge in [-0.05, 0) is 61.9 Å². The molecule has 2 heterocycles. The number of nitrogens with zero attached hydrogens (tertiary/aromatic N) is 3. The number of aryl methyl sites for hydroxylation is 1. The van der Waals surface area contributed by atoms with E-state index in [4.69, 9.17) is 4.74 Å². The summed E-state index contributed by atoms with van der Waals surface area (Å²) >= 11 is 0. The molecule has 28 heavy (non-hydrogen) atoms. The van der Waals surface area contributed by atoms with Crippen LogP contribution in [0.4, 0.5) is 5.69 Å². The lowest BCUT2D eigenvalue weighted by Gasteiger charge is -2.32. The molecule has 1 aromatic heterocycles. The Balaban J connectivity index is 1.50. The number of rotatable bonds is 6. The summed E-state index contributed by atoms with van der Waals surface area (Å²) in [5, 5.41) is 10.5. The molecule has 0 radical (unpaired) electrons. The predicted molar refractivity (Wildman–Crippen MR) is 106 cm³/mol. The lowest BCUT2D eigenvalue weighted by atomic mass is 9.93. The highest BCUT2D eigenvalue weighted by molar-refractivity contribution is 5.94. The molecule has 1 N–H and O–H groups in total. The lowest BCUT2D eigenvalue weighted by Crippen LogP contribution is -2.40. The van der Waals surface area contributed by atoms with E-state index in [1.165, 1.54) is 12.4 Å². The van der Waals surface area contributed by atoms with Gasteiger partial charge in [0, 0.05) is 25.2 Å². The van der Waals surface area contributed by atoms with Gasteiger partial charge in [0.05, 0.1) is 25.1 Å². The molecule has 0 spiro atoms. The van der Waals surface area contributed by atoms with Crippen molar-refractivity contribution in [2.24, 2.45) is 5.92 Å². The highest BCUT2D eigenvalue weighted by Crippen LogP contribution is 2.24. The third-order valence-electron chi connectivity index (χ3n) is 5.12. The van der Waals surface area contributed by atoms with Crippen LogP contribution >= 0.6 is 0 Å². The Labute approximate surface area is 165 Å². The van der Waals surface area contributed by atoms with Crippen molar-refractivity contribution in [2.75, 3.05) is 25.5 Å². The number of hydrogen-bond donors (Lipinski definition) is 1. The first-order chi connectivity index (χ1) is 13.6. The zero-order valence-corrected chi connectivity index (χ0v) is 16.4. The maximum Gasteiger partial charge on any atom is 0.255 e. The van der Waals surface area contributed by atoms with Crippen molar-refractivity contribution in [1.29, 1.82) is 0 Å². The predicted octanol–water partition coefficient (Wildman–Crippen LogP) is 3.06. The highest BCUT2D eigenvalue weighted by Gasteiger charge is 2.25. The minimum atomic E-state index is -0.0158. The number of anilines is 1. The van der Waals surface area contributed by atoms with Crippen LogP contribution in [0.3, 0.4) is 0 Å². The average molecular weight is 382 g/mol. The Kier molecular flexibility index (Phi) is 6.57. The molecule has 1 aliphatic heterocycles. The first kappa shape index (κ1) is 19.8. The summed E-state index contributed by atoms with van der Waals surface area (Å²) in [6.45, 7) is 3.36. The third-order valence-corrected chi connectivity index (χ3v) is 5.12. The fraction of sp³-hybridized carbons (Fsp3) is 0.429. The molecular weight excluding hydrogens is 356 g/mol. The molecule has 0 unspecified atom stereocenters. The van der Waals surface area contributed by atoms with E-state index in [1.807, 2.05) is 30.0 Å². The van der Waals surface area contributed by atoms with Gasteiger partial charge in [-0.2, -0.15) is 10.2 Å². The summed E-state index contributed by atoms with van der Waals surface area (Å²) in [6, 6.07) is 7.27. The molecule has 1 aliphatic rings. The molecule has 7 nitrogen and oxygen atoms in total. The fourth-order valence-corrected chi connectivity index (χ4v) is 3.54. The maximum absolute atomic E-state index is 12.6. The van der Waals surface area contributed by atoms with E-state index in [0.717, 1.165) is 42.8 Å². The number of hydrogen-bond acceptors (Lipinski definition) is 5. The van der Waals surface area contributed by atoms with Crippen LogP contribution in [0, 0.1) is 12.8 Å². The number of carbonyl (C=O) groups excluding carboxylic acids is 2. The van der Waals surface area contributed by atoms with Crippen LogP contribution in [0.15, 0.2) is 36.7 Å². The summed E-state index contributed by atoms with van der Waals surface area (Å²) < 4.78 is 5.19. The second kappa shape index (κ2) is 9.30. The van der Waals surface area contributed by atoms with Crippen molar-refractivity contribution >= 4 is 17.5 Å². The molecule has 1 saturated heterocycles. The SMILES string of the molecule is COc1ccc(NC(=O)CC[C@H]2CCCN(C(=O)c3ccnnc3)C2)c(C)c1. The smallest absolute Gasteiger partial charge is 0.255 e. The molecule has 0 saturated carbocycles. The van der Waals surface area contributed by atoms with Gasteiger partial charge in [-0.15, -0.1) is 0 Å². The van der Waals surface area contributed by atoms with E-state index in [0.29, 0.717) is 24.4 Å². The Morgan fingerprint density at radius 3 is 2.86 bits per heavy atom. The quantitative estimate of drug-likeness (QED) is 0.830. The zero-order chi connectivity index (χ0) is 19.9. The molecule has 2 aromatic rings. The number of nitrogens with one attached hydrogen (secondary N) is 1. The molecule has 0 aliphatic carbocycles. The highest BCUT2D eigenvalue weighted by atomic mass is 16.5. The first-order valence-electron chi connectivity index (χ1n) is 9.57. The van der Waals surface area contributed by atoms with E-state index in [2.05, 4.69) is 15.5 Å². The van der Waals surface area contributed by atoms with E-state index < -0.39 is 0 Å². The summed E-state index contributed by atoms with van der Waals surface area (Å²) in [7, 11) is 1.62. The van der Waals surface area contributed by atoms with Crippen LogP contribution in [-0.4, -0.2) is 47.1 Å². The van der Waals surface area contributed by atoms with Gasteiger partial charge in [0.2, 0.25) is 5.91 Å². The van der Waals surface area contributed by atoms with Gasteiger partial charge in [0.25, 0.3) is 5.91 Å². The average Bonchev–Trinajstić information content (AvgIpc) is 2.74. The first-order valence-corrected chi connectivity index (χ1v) is 9.57. The molecule has 0 bridgehead atoms. The Morgan fingerprint density at radius 2 is 2.14 bits per heavy atom. The normalized spacial score (nSPS) is 16.5. The van der Waals surface area contributed by atoms with E-state index in [9.17, 15) is 9.59 Å². The third kappa shape index (κ3) is 5.06. The van der Waals surface area contributed by atoms with Crippen LogP contribution in [0.1, 0.15) is 41.6 Å². The monoisotopic (exact) mass is 382 g/mol. The number of aromatic nitrogens is 2. The lowest BCUT2D eigenvalue weighted by molar-refractivity contribution is -0.116. The number of carbonyl (C=O) groups is 2. The van der Waals surface area contributed by atoms with Crippen LogP contribution in [0.5, 0.6) is 5.75 Å². The second-order valence-corrected chi connectivity index (χ2v) is 7.16. The van der Waals surface area contributed by atoms with Crippen molar-refractivity contribution in [1.82, 2.24) is 15.1 Å². The van der Waals surface area contributed by atoms with Crippen molar-refractivity contribution in [3.05, 3.63) is 47.8 Å². The van der Waals surface area contributed by atoms with Crippen molar-refractivity contribution < 1.29 is 14.3 Å². The number of likely N-dealkylation sites (tertiary alicyclic amines) is 1. The molecule has 1 atom stereocenters. The molecule has 1 aromatic carbocycles. The summed E-state index contributed by atoms with van der Waals surface area (Å²) in [5.41, 5.74) is 2.33. The number of ether oxygens (including phenoxy) is 1. The molecule has 1 fully saturated rings. The second-order valence-electron chi connectivity index (χ2n) is 7.16. The van der Waals surface area contributed by atoms with Gasteiger partial charge in [-0.3, -0.25) is 9.59 Å². The topological polar surface area (TPSA) is 84.4 Å².